The molecule has 0 saturated heterocycles. The number of unbranched alkanes of at least 4 members (excludes halogenated alkanes) is 10. The zero-order valence-electron chi connectivity index (χ0n) is 15.4. The van der Waals surface area contributed by atoms with Gasteiger partial charge in [-0.3, -0.25) is 9.55 Å². The molecule has 0 atom stereocenters. The molecule has 0 amide bonds. The summed E-state index contributed by atoms with van der Waals surface area (Å²) in [5.74, 6) is -0.953. The number of rotatable bonds is 15. The average Bonchev–Trinajstić information content (AvgIpc) is 2.47. The first-order chi connectivity index (χ1) is 11.0. The fraction of sp³-hybridized carbons (Fsp3) is 0.824. The van der Waals surface area contributed by atoms with Crippen molar-refractivity contribution in [1.82, 2.24) is 0 Å². The molecule has 0 aromatic rings. The van der Waals surface area contributed by atoms with E-state index < -0.39 is 21.8 Å². The van der Waals surface area contributed by atoms with Gasteiger partial charge in [0.25, 0.3) is 10.1 Å². The predicted octanol–water partition coefficient (Wildman–Crippen LogP) is 0.504. The molecule has 24 heavy (non-hydrogen) atoms. The topological polar surface area (TPSA) is 89.8 Å². The molecular formula is C17H32KNO4S. The number of hydrogen-bond acceptors (Lipinski definition) is 4. The Hall–Kier alpha value is 0.756. The van der Waals surface area contributed by atoms with Crippen molar-refractivity contribution in [2.24, 2.45) is 4.99 Å². The van der Waals surface area contributed by atoms with Crippen molar-refractivity contribution >= 4 is 16.0 Å². The van der Waals surface area contributed by atoms with E-state index in [0.29, 0.717) is 0 Å². The van der Waals surface area contributed by atoms with Crippen molar-refractivity contribution in [2.45, 2.75) is 77.6 Å². The Labute approximate surface area is 190 Å². The van der Waals surface area contributed by atoms with Gasteiger partial charge in [0.2, 0.25) is 0 Å². The van der Waals surface area contributed by atoms with E-state index in [-0.39, 0.29) is 57.9 Å². The summed E-state index contributed by atoms with van der Waals surface area (Å²) in [6.07, 6.45) is 16.8. The van der Waals surface area contributed by atoms with E-state index in [1.54, 1.807) is 6.08 Å². The van der Waals surface area contributed by atoms with Crippen molar-refractivity contribution in [2.75, 3.05) is 12.3 Å². The summed E-state index contributed by atoms with van der Waals surface area (Å²) in [7, 11) is -4.04. The third-order valence-corrected chi connectivity index (χ3v) is 4.30. The van der Waals surface area contributed by atoms with E-state index in [4.69, 9.17) is 4.55 Å². The second-order valence-electron chi connectivity index (χ2n) is 5.88. The van der Waals surface area contributed by atoms with Crippen molar-refractivity contribution in [3.05, 3.63) is 12.2 Å². The molecule has 0 fully saturated rings. The summed E-state index contributed by atoms with van der Waals surface area (Å²) >= 11 is 0. The van der Waals surface area contributed by atoms with Gasteiger partial charge in [0, 0.05) is 0 Å². The molecule has 136 valence electrons. The number of aliphatic imine (C=N–C) groups is 1. The van der Waals surface area contributed by atoms with Crippen LogP contribution in [0.1, 0.15) is 77.6 Å². The van der Waals surface area contributed by atoms with E-state index in [1.807, 2.05) is 0 Å². The summed E-state index contributed by atoms with van der Waals surface area (Å²) < 4.78 is 29.4. The molecule has 7 heteroatoms. The molecular weight excluding hydrogens is 353 g/mol. The van der Waals surface area contributed by atoms with E-state index in [2.05, 4.69) is 11.9 Å². The van der Waals surface area contributed by atoms with Crippen molar-refractivity contribution in [3.8, 4) is 0 Å². The largest absolute Gasteiger partial charge is 1.00 e. The zero-order chi connectivity index (χ0) is 17.4. The Bertz CT molecular complexity index is 436. The van der Waals surface area contributed by atoms with Gasteiger partial charge in [-0.15, -0.1) is 0 Å². The molecule has 1 N–H and O–H groups in total. The Balaban J connectivity index is 0. The van der Waals surface area contributed by atoms with Crippen LogP contribution in [0.5, 0.6) is 0 Å². The van der Waals surface area contributed by atoms with Crippen LogP contribution >= 0.6 is 0 Å². The maximum Gasteiger partial charge on any atom is 1.00 e. The summed E-state index contributed by atoms with van der Waals surface area (Å²) in [5, 5.41) is 11.3. The Morgan fingerprint density at radius 1 is 1.00 bits per heavy atom. The minimum Gasteiger partial charge on any atom is -0.859 e. The van der Waals surface area contributed by atoms with Gasteiger partial charge in [-0.1, -0.05) is 76.9 Å². The molecule has 0 aliphatic heterocycles. The zero-order valence-corrected chi connectivity index (χ0v) is 19.3. The van der Waals surface area contributed by atoms with Crippen LogP contribution in [-0.2, 0) is 10.1 Å². The summed E-state index contributed by atoms with van der Waals surface area (Å²) in [4.78, 5) is 3.53. The van der Waals surface area contributed by atoms with Gasteiger partial charge in [0.05, 0.1) is 12.3 Å². The fourth-order valence-corrected chi connectivity index (χ4v) is 2.58. The molecule has 0 aromatic heterocycles. The van der Waals surface area contributed by atoms with Crippen molar-refractivity contribution < 1.29 is 69.5 Å². The van der Waals surface area contributed by atoms with Gasteiger partial charge in [-0.2, -0.15) is 8.42 Å². The molecule has 0 aliphatic carbocycles. The van der Waals surface area contributed by atoms with Gasteiger partial charge in [-0.25, -0.2) is 0 Å². The second-order valence-corrected chi connectivity index (χ2v) is 7.45. The maximum atomic E-state index is 11.3. The van der Waals surface area contributed by atoms with Gasteiger partial charge in [0.1, 0.15) is 0 Å². The first-order valence-corrected chi connectivity index (χ1v) is 10.4. The predicted molar refractivity (Wildman–Crippen MR) is 94.3 cm³/mol. The standard InChI is InChI=1S/C17H33NO4S.K/c1-2-3-4-5-6-7-8-9-10-11-12-13-14-17(19)18-15-16-23(20,21)22;/h13-14H,2-12,15-16H2,1H3,(H,18,19)(H,20,21,22);/q;+1/p-1/b14-13+;. The van der Waals surface area contributed by atoms with Crippen LogP contribution in [-0.4, -0.2) is 31.2 Å². The van der Waals surface area contributed by atoms with Gasteiger partial charge < -0.3 is 5.11 Å². The van der Waals surface area contributed by atoms with Crippen LogP contribution in [0.2, 0.25) is 0 Å². The van der Waals surface area contributed by atoms with Crippen molar-refractivity contribution in [3.63, 3.8) is 0 Å². The van der Waals surface area contributed by atoms with E-state index >= 15 is 0 Å². The van der Waals surface area contributed by atoms with Crippen LogP contribution < -0.4 is 56.5 Å². The third kappa shape index (κ3) is 22.8. The molecule has 0 bridgehead atoms. The van der Waals surface area contributed by atoms with Crippen LogP contribution in [0, 0.1) is 0 Å². The van der Waals surface area contributed by atoms with E-state index in [0.717, 1.165) is 12.8 Å². The fourth-order valence-electron chi connectivity index (χ4n) is 2.26. The Kier molecular flexibility index (Phi) is 20.8. The van der Waals surface area contributed by atoms with Crippen molar-refractivity contribution in [1.29, 1.82) is 0 Å². The van der Waals surface area contributed by atoms with Crippen LogP contribution in [0.4, 0.5) is 0 Å². The first-order valence-electron chi connectivity index (χ1n) is 8.79. The molecule has 0 aliphatic rings. The minimum absolute atomic E-state index is 0. The van der Waals surface area contributed by atoms with Gasteiger partial charge >= 0.3 is 51.4 Å². The van der Waals surface area contributed by atoms with Crippen LogP contribution in [0.15, 0.2) is 17.1 Å². The van der Waals surface area contributed by atoms with Crippen LogP contribution in [0.25, 0.3) is 0 Å². The third-order valence-electron chi connectivity index (χ3n) is 3.60. The number of allylic oxidation sites excluding steroid dienone is 1. The molecule has 0 saturated carbocycles. The summed E-state index contributed by atoms with van der Waals surface area (Å²) in [6, 6.07) is 0. The summed E-state index contributed by atoms with van der Waals surface area (Å²) in [6.45, 7) is 2.04. The quantitative estimate of drug-likeness (QED) is 0.146. The average molecular weight is 386 g/mol. The number of nitrogens with zero attached hydrogens (tertiary/aromatic N) is 1. The molecule has 0 unspecified atom stereocenters. The summed E-state index contributed by atoms with van der Waals surface area (Å²) in [5.41, 5.74) is 0. The van der Waals surface area contributed by atoms with Crippen LogP contribution in [0.3, 0.4) is 0 Å². The number of hydrogen-bond donors (Lipinski definition) is 1. The molecule has 5 nitrogen and oxygen atoms in total. The normalized spacial score (nSPS) is 12.5. The molecule has 0 spiro atoms. The smallest absolute Gasteiger partial charge is 0.859 e. The Morgan fingerprint density at radius 3 is 2.00 bits per heavy atom. The first kappa shape index (κ1) is 27.0. The monoisotopic (exact) mass is 385 g/mol. The molecule has 0 heterocycles. The SMILES string of the molecule is CCCCCCCCCCCC/C=C/C([O-])=NCCS(=O)(=O)O.[K+]. The van der Waals surface area contributed by atoms with Gasteiger partial charge in [0.15, 0.2) is 0 Å². The van der Waals surface area contributed by atoms with E-state index in [1.165, 1.54) is 63.9 Å². The maximum absolute atomic E-state index is 11.3. The molecule has 0 aromatic carbocycles. The van der Waals surface area contributed by atoms with Gasteiger partial charge in [-0.05, 0) is 18.7 Å². The Morgan fingerprint density at radius 2 is 1.50 bits per heavy atom. The molecule has 0 rings (SSSR count). The second kappa shape index (κ2) is 18.5. The molecule has 0 radical (unpaired) electrons. The minimum atomic E-state index is -4.04. The van der Waals surface area contributed by atoms with E-state index in [9.17, 15) is 13.5 Å².